The molecule has 1 aliphatic rings. The molecule has 0 aliphatic carbocycles. The molecule has 0 N–H and O–H groups in total. The molecule has 2 aromatic rings. The molecule has 3 heterocycles. The van der Waals surface area contributed by atoms with Gasteiger partial charge in [0.15, 0.2) is 0 Å². The van der Waals surface area contributed by atoms with E-state index in [1.165, 1.54) is 6.33 Å². The van der Waals surface area contributed by atoms with Crippen molar-refractivity contribution < 1.29 is 4.79 Å². The smallest absolute Gasteiger partial charge is 0.257 e. The van der Waals surface area contributed by atoms with Crippen LogP contribution in [0.1, 0.15) is 60.9 Å². The zero-order valence-electron chi connectivity index (χ0n) is 14.5. The van der Waals surface area contributed by atoms with Gasteiger partial charge in [-0.2, -0.15) is 0 Å². The first-order valence-corrected chi connectivity index (χ1v) is 8.83. The van der Waals surface area contributed by atoms with Gasteiger partial charge in [-0.15, -0.1) is 0 Å². The molecule has 3 rings (SSSR count). The molecule has 0 saturated carbocycles. The van der Waals surface area contributed by atoms with Gasteiger partial charge in [-0.3, -0.25) is 4.79 Å². The Hall–Kier alpha value is -2.24. The summed E-state index contributed by atoms with van der Waals surface area (Å²) < 4.78 is 2.17. The Bertz CT molecular complexity index is 696. The number of aromatic nitrogens is 4. The molecule has 0 radical (unpaired) electrons. The molecule has 1 atom stereocenters. The third-order valence-electron chi connectivity index (χ3n) is 4.67. The first-order chi connectivity index (χ1) is 11.7. The minimum Gasteiger partial charge on any atom is -0.338 e. The molecule has 0 spiro atoms. The van der Waals surface area contributed by atoms with Crippen LogP contribution in [0.3, 0.4) is 0 Å². The molecule has 1 saturated heterocycles. The second kappa shape index (κ2) is 7.55. The van der Waals surface area contributed by atoms with Crippen molar-refractivity contribution >= 4 is 5.91 Å². The summed E-state index contributed by atoms with van der Waals surface area (Å²) in [5, 5.41) is 0. The highest BCUT2D eigenvalue weighted by Crippen LogP contribution is 2.27. The van der Waals surface area contributed by atoms with Gasteiger partial charge < -0.3 is 9.47 Å². The third-order valence-corrected chi connectivity index (χ3v) is 4.67. The lowest BCUT2D eigenvalue weighted by Gasteiger charge is -2.33. The van der Waals surface area contributed by atoms with Gasteiger partial charge in [0.2, 0.25) is 0 Å². The van der Waals surface area contributed by atoms with Gasteiger partial charge in [0.25, 0.3) is 5.91 Å². The molecule has 24 heavy (non-hydrogen) atoms. The largest absolute Gasteiger partial charge is 0.338 e. The summed E-state index contributed by atoms with van der Waals surface area (Å²) in [6, 6.07) is 0. The van der Waals surface area contributed by atoms with Crippen LogP contribution in [0.4, 0.5) is 0 Å². The van der Waals surface area contributed by atoms with E-state index in [4.69, 9.17) is 0 Å². The molecule has 0 bridgehead atoms. The predicted molar refractivity (Wildman–Crippen MR) is 91.8 cm³/mol. The molecule has 6 heteroatoms. The van der Waals surface area contributed by atoms with Crippen LogP contribution < -0.4 is 0 Å². The van der Waals surface area contributed by atoms with Gasteiger partial charge in [-0.1, -0.05) is 13.3 Å². The maximum absolute atomic E-state index is 13.0. The number of nitrogens with zero attached hydrogens (tertiary/aromatic N) is 5. The predicted octanol–water partition coefficient (Wildman–Crippen LogP) is 2.67. The Morgan fingerprint density at radius 3 is 3.00 bits per heavy atom. The molecule has 1 fully saturated rings. The lowest BCUT2D eigenvalue weighted by Crippen LogP contribution is -2.40. The maximum Gasteiger partial charge on any atom is 0.257 e. The van der Waals surface area contributed by atoms with Crippen LogP contribution in [0.25, 0.3) is 0 Å². The zero-order chi connectivity index (χ0) is 16.9. The van der Waals surface area contributed by atoms with Crippen LogP contribution in [0.15, 0.2) is 24.9 Å². The highest BCUT2D eigenvalue weighted by Gasteiger charge is 2.29. The molecule has 2 aromatic heterocycles. The SMILES string of the molecule is CCCc1ncncc1C(=O)N1CCC[C@H](c2nccn2CC)C1. The van der Waals surface area contributed by atoms with Crippen LogP contribution >= 0.6 is 0 Å². The average Bonchev–Trinajstić information content (AvgIpc) is 3.11. The Kier molecular flexibility index (Phi) is 5.23. The van der Waals surface area contributed by atoms with Crippen LogP contribution in [0, 0.1) is 0 Å². The number of carbonyl (C=O) groups is 1. The summed E-state index contributed by atoms with van der Waals surface area (Å²) in [5.74, 6) is 1.45. The van der Waals surface area contributed by atoms with Gasteiger partial charge in [0.1, 0.15) is 12.2 Å². The van der Waals surface area contributed by atoms with Gasteiger partial charge in [0.05, 0.1) is 11.3 Å². The molecule has 0 unspecified atom stereocenters. The van der Waals surface area contributed by atoms with Crippen LogP contribution in [0.2, 0.25) is 0 Å². The second-order valence-electron chi connectivity index (χ2n) is 6.29. The average molecular weight is 327 g/mol. The van der Waals surface area contributed by atoms with Crippen molar-refractivity contribution in [1.29, 1.82) is 0 Å². The van der Waals surface area contributed by atoms with Gasteiger partial charge >= 0.3 is 0 Å². The summed E-state index contributed by atoms with van der Waals surface area (Å²) in [4.78, 5) is 27.8. The zero-order valence-corrected chi connectivity index (χ0v) is 14.5. The van der Waals surface area contributed by atoms with Gasteiger partial charge in [-0.25, -0.2) is 15.0 Å². The van der Waals surface area contributed by atoms with E-state index in [9.17, 15) is 4.79 Å². The Morgan fingerprint density at radius 2 is 2.21 bits per heavy atom. The Morgan fingerprint density at radius 1 is 1.33 bits per heavy atom. The van der Waals surface area contributed by atoms with Gasteiger partial charge in [0, 0.05) is 44.1 Å². The molecule has 128 valence electrons. The van der Waals surface area contributed by atoms with E-state index in [-0.39, 0.29) is 5.91 Å². The molecule has 0 aromatic carbocycles. The second-order valence-corrected chi connectivity index (χ2v) is 6.29. The molecular weight excluding hydrogens is 302 g/mol. The number of likely N-dealkylation sites (tertiary alicyclic amines) is 1. The van der Waals surface area contributed by atoms with Crippen LogP contribution in [-0.4, -0.2) is 43.4 Å². The van der Waals surface area contributed by atoms with Gasteiger partial charge in [-0.05, 0) is 26.2 Å². The van der Waals surface area contributed by atoms with E-state index >= 15 is 0 Å². The van der Waals surface area contributed by atoms with Crippen molar-refractivity contribution in [3.8, 4) is 0 Å². The fraction of sp³-hybridized carbons (Fsp3) is 0.556. The van der Waals surface area contributed by atoms with Crippen molar-refractivity contribution in [3.63, 3.8) is 0 Å². The van der Waals surface area contributed by atoms with E-state index in [0.717, 1.165) is 56.8 Å². The van der Waals surface area contributed by atoms with E-state index in [1.54, 1.807) is 6.20 Å². The van der Waals surface area contributed by atoms with Crippen molar-refractivity contribution in [2.45, 2.75) is 52.0 Å². The minimum absolute atomic E-state index is 0.0540. The maximum atomic E-state index is 13.0. The number of imidazole rings is 1. The van der Waals surface area contributed by atoms with Crippen molar-refractivity contribution in [2.75, 3.05) is 13.1 Å². The van der Waals surface area contributed by atoms with Crippen molar-refractivity contribution in [3.05, 3.63) is 42.0 Å². The van der Waals surface area contributed by atoms with Crippen LogP contribution in [-0.2, 0) is 13.0 Å². The van der Waals surface area contributed by atoms with E-state index in [0.29, 0.717) is 11.5 Å². The van der Waals surface area contributed by atoms with Crippen molar-refractivity contribution in [1.82, 2.24) is 24.4 Å². The molecule has 1 aliphatic heterocycles. The van der Waals surface area contributed by atoms with E-state index < -0.39 is 0 Å². The summed E-state index contributed by atoms with van der Waals surface area (Å²) in [6.45, 7) is 6.64. The number of aryl methyl sites for hydroxylation is 2. The highest BCUT2D eigenvalue weighted by molar-refractivity contribution is 5.95. The summed E-state index contributed by atoms with van der Waals surface area (Å²) in [5.41, 5.74) is 1.51. The lowest BCUT2D eigenvalue weighted by atomic mass is 9.96. The topological polar surface area (TPSA) is 63.9 Å². The first kappa shape index (κ1) is 16.6. The van der Waals surface area contributed by atoms with Crippen molar-refractivity contribution in [2.24, 2.45) is 0 Å². The molecule has 6 nitrogen and oxygen atoms in total. The number of amides is 1. The highest BCUT2D eigenvalue weighted by atomic mass is 16.2. The normalized spacial score (nSPS) is 17.9. The minimum atomic E-state index is 0.0540. The van der Waals surface area contributed by atoms with Crippen LogP contribution in [0.5, 0.6) is 0 Å². The number of rotatable bonds is 5. The first-order valence-electron chi connectivity index (χ1n) is 8.83. The fourth-order valence-corrected chi connectivity index (χ4v) is 3.46. The monoisotopic (exact) mass is 327 g/mol. The number of hydrogen-bond donors (Lipinski definition) is 0. The fourth-order valence-electron chi connectivity index (χ4n) is 3.46. The molecule has 1 amide bonds. The summed E-state index contributed by atoms with van der Waals surface area (Å²) >= 11 is 0. The number of hydrogen-bond acceptors (Lipinski definition) is 4. The van der Waals surface area contributed by atoms with E-state index in [2.05, 4.69) is 33.4 Å². The number of carbonyl (C=O) groups excluding carboxylic acids is 1. The number of piperidine rings is 1. The van der Waals surface area contributed by atoms with E-state index in [1.807, 2.05) is 17.3 Å². The Balaban J connectivity index is 1.79. The summed E-state index contributed by atoms with van der Waals surface area (Å²) in [6.07, 6.45) is 10.9. The quantitative estimate of drug-likeness (QED) is 0.847. The standard InChI is InChI=1S/C18H25N5O/c1-3-6-16-15(11-19-13-21-16)18(24)23-9-5-7-14(12-23)17-20-8-10-22(17)4-2/h8,10-11,13-14H,3-7,9,12H2,1-2H3/t14-/m0/s1. The summed E-state index contributed by atoms with van der Waals surface area (Å²) in [7, 11) is 0. The third kappa shape index (κ3) is 3.32. The Labute approximate surface area is 142 Å². The lowest BCUT2D eigenvalue weighted by molar-refractivity contribution is 0.0701. The molecular formula is C18H25N5O.